The molecule has 0 atom stereocenters. The van der Waals surface area contributed by atoms with Crippen LogP contribution in [0.5, 0.6) is 0 Å². The van der Waals surface area contributed by atoms with Gasteiger partial charge in [-0.25, -0.2) is 5.26 Å². The van der Waals surface area contributed by atoms with Gasteiger partial charge in [0.2, 0.25) is 0 Å². The van der Waals surface area contributed by atoms with Gasteiger partial charge in [0.05, 0.1) is 0 Å². The van der Waals surface area contributed by atoms with Gasteiger partial charge < -0.3 is 0 Å². The van der Waals surface area contributed by atoms with Crippen molar-refractivity contribution in [1.29, 1.82) is 5.26 Å². The van der Waals surface area contributed by atoms with Crippen LogP contribution in [0.4, 0.5) is 0 Å². The molecule has 0 rings (SSSR count). The van der Waals surface area contributed by atoms with E-state index in [2.05, 4.69) is 6.57 Å². The number of hydrogen-bond donors (Lipinski definition) is 0. The normalized spacial score (nSPS) is 0.500. The summed E-state index contributed by atoms with van der Waals surface area (Å²) < 4.78 is 0. The summed E-state index contributed by atoms with van der Waals surface area (Å²) >= 11 is 0. The van der Waals surface area contributed by atoms with Crippen LogP contribution in [-0.2, 0) is 20.1 Å². The zero-order valence-corrected chi connectivity index (χ0v) is 3.75. The van der Waals surface area contributed by atoms with E-state index >= 15 is 0 Å². The van der Waals surface area contributed by atoms with Crippen molar-refractivity contribution in [3.05, 3.63) is 0 Å². The van der Waals surface area contributed by atoms with Gasteiger partial charge in [-0.3, -0.25) is 0 Å². The Hall–Kier alpha value is 1.78. The van der Waals surface area contributed by atoms with E-state index in [0.717, 1.165) is 0 Å². The van der Waals surface area contributed by atoms with Crippen LogP contribution in [0.2, 0.25) is 0 Å². The van der Waals surface area contributed by atoms with E-state index in [1.165, 1.54) is 0 Å². The summed E-state index contributed by atoms with van der Waals surface area (Å²) in [5.74, 6) is 0. The Morgan fingerprint density at radius 1 is 1.25 bits per heavy atom. The molecule has 0 amide bonds. The van der Waals surface area contributed by atoms with Gasteiger partial charge in [0, 0.05) is 26.7 Å². The van der Waals surface area contributed by atoms with Crippen molar-refractivity contribution in [2.45, 2.75) is 0 Å². The molecular weight excluding hydrogens is 257 g/mol. The summed E-state index contributed by atoms with van der Waals surface area (Å²) in [4.78, 5) is 0. The summed E-state index contributed by atoms with van der Waals surface area (Å²) in [6.45, 7) is 3.50. The first-order chi connectivity index (χ1) is 1.00. The Kier molecular flexibility index (Phi) is 92.3. The number of rotatable bonds is 0. The fourth-order valence-corrected chi connectivity index (χ4v) is 0. The average molecular weight is 259 g/mol. The average Bonchev–Trinajstić information content (AvgIpc) is 1.00. The maximum absolute atomic E-state index is 6.50. The van der Waals surface area contributed by atoms with E-state index in [-0.39, 0.29) is 71.5 Å². The van der Waals surface area contributed by atoms with E-state index in [1.807, 2.05) is 0 Å². The molecule has 0 aromatic carbocycles. The summed E-state index contributed by atoms with van der Waals surface area (Å²) in [7, 11) is 0. The molecule has 0 aromatic rings. The van der Waals surface area contributed by atoms with E-state index < -0.39 is 0 Å². The summed E-state index contributed by atoms with van der Waals surface area (Å²) in [6, 6.07) is 0. The van der Waals surface area contributed by atoms with Crippen LogP contribution in [0.3, 0.4) is 0 Å². The van der Waals surface area contributed by atoms with Crippen molar-refractivity contribution in [3.8, 4) is 6.57 Å². The third-order valence-corrected chi connectivity index (χ3v) is 0. The topological polar surface area (TPSA) is 23.8 Å². The molecule has 3 heteroatoms. The maximum atomic E-state index is 6.50. The molecule has 0 fully saturated rings. The van der Waals surface area contributed by atoms with Crippen molar-refractivity contribution in [2.75, 3.05) is 0 Å². The standard InChI is InChI=1S/CHN.Ir.K.H/c1-2;;;/h1H;;;. The first-order valence-electron chi connectivity index (χ1n) is 0.258. The second-order valence-corrected chi connectivity index (χ2v) is 0. The Morgan fingerprint density at radius 3 is 1.25 bits per heavy atom. The van der Waals surface area contributed by atoms with Crippen molar-refractivity contribution < 1.29 is 20.1 Å². The molecule has 0 aliphatic heterocycles. The minimum atomic E-state index is 0. The zero-order chi connectivity index (χ0) is 2.00. The van der Waals surface area contributed by atoms with Crippen molar-refractivity contribution in [2.24, 2.45) is 0 Å². The molecule has 0 spiro atoms. The van der Waals surface area contributed by atoms with Crippen molar-refractivity contribution in [1.82, 2.24) is 0 Å². The molecule has 4 heavy (non-hydrogen) atoms. The molecule has 0 aliphatic carbocycles. The molecule has 0 bridgehead atoms. The second-order valence-electron chi connectivity index (χ2n) is 0. The molecule has 1 nitrogen and oxygen atoms in total. The van der Waals surface area contributed by atoms with E-state index in [9.17, 15) is 0 Å². The second kappa shape index (κ2) is 21.6. The molecule has 0 saturated carbocycles. The molecule has 0 saturated heterocycles. The van der Waals surface area contributed by atoms with E-state index in [4.69, 9.17) is 5.26 Å². The van der Waals surface area contributed by atoms with Crippen molar-refractivity contribution in [3.63, 3.8) is 0 Å². The molecule has 21 valence electrons. The van der Waals surface area contributed by atoms with E-state index in [1.54, 1.807) is 0 Å². The van der Waals surface area contributed by atoms with Crippen LogP contribution in [0.15, 0.2) is 0 Å². The third-order valence-electron chi connectivity index (χ3n) is 0. The SMILES string of the molecule is C#N.[Ir].[KH]. The first-order valence-corrected chi connectivity index (χ1v) is 0.258. The van der Waals surface area contributed by atoms with E-state index in [0.29, 0.717) is 0 Å². The van der Waals surface area contributed by atoms with Gasteiger partial charge in [-0.05, 0) is 0 Å². The Balaban J connectivity index is -0.00000000500. The third kappa shape index (κ3) is 9.23. The molecule has 0 N–H and O–H groups in total. The molecule has 0 aliphatic rings. The Bertz CT molecular complexity index is 12.8. The summed E-state index contributed by atoms with van der Waals surface area (Å²) in [6.07, 6.45) is 0. The first kappa shape index (κ1) is 17.1. The van der Waals surface area contributed by atoms with Gasteiger partial charge in [-0.2, -0.15) is 0 Å². The van der Waals surface area contributed by atoms with Gasteiger partial charge in [0.1, 0.15) is 0 Å². The monoisotopic (exact) mass is 260 g/mol. The summed E-state index contributed by atoms with van der Waals surface area (Å²) in [5.41, 5.74) is 0. The predicted molar refractivity (Wildman–Crippen MR) is 13.8 cm³/mol. The van der Waals surface area contributed by atoms with Crippen LogP contribution < -0.4 is 0 Å². The predicted octanol–water partition coefficient (Wildman–Crippen LogP) is -0.511. The Morgan fingerprint density at radius 2 is 1.25 bits per heavy atom. The fraction of sp³-hybridized carbons (Fsp3) is 0. The van der Waals surface area contributed by atoms with Gasteiger partial charge >= 0.3 is 51.4 Å². The molecular formula is CH2IrKN. The van der Waals surface area contributed by atoms with Gasteiger partial charge in [0.25, 0.3) is 0 Å². The number of nitriles is 1. The van der Waals surface area contributed by atoms with Crippen molar-refractivity contribution >= 4 is 51.4 Å². The summed E-state index contributed by atoms with van der Waals surface area (Å²) in [5, 5.41) is 6.50. The molecule has 1 radical (unpaired) electrons. The fourth-order valence-electron chi connectivity index (χ4n) is 0. The minimum absolute atomic E-state index is 0. The zero-order valence-electron chi connectivity index (χ0n) is 1.36. The molecule has 0 unspecified atom stereocenters. The number of nitrogens with zero attached hydrogens (tertiary/aromatic N) is 1. The van der Waals surface area contributed by atoms with Crippen LogP contribution in [-0.4, -0.2) is 51.4 Å². The van der Waals surface area contributed by atoms with Crippen LogP contribution in [0.1, 0.15) is 0 Å². The van der Waals surface area contributed by atoms with Gasteiger partial charge in [-0.15, -0.1) is 0 Å². The van der Waals surface area contributed by atoms with Crippen LogP contribution in [0.25, 0.3) is 0 Å². The number of hydrogen-bond acceptors (Lipinski definition) is 1. The van der Waals surface area contributed by atoms with Crippen LogP contribution in [0, 0.1) is 11.8 Å². The Labute approximate surface area is 81.5 Å². The van der Waals surface area contributed by atoms with Gasteiger partial charge in [-0.1, -0.05) is 0 Å². The quantitative estimate of drug-likeness (QED) is 0.538. The molecule has 0 aromatic heterocycles. The molecule has 0 heterocycles. The van der Waals surface area contributed by atoms with Gasteiger partial charge in [0.15, 0.2) is 0 Å². The van der Waals surface area contributed by atoms with Crippen LogP contribution >= 0.6 is 0 Å².